The number of hydrogen-bond acceptors (Lipinski definition) is 3. The van der Waals surface area contributed by atoms with Gasteiger partial charge >= 0.3 is 5.69 Å². The Hall–Kier alpha value is -1.32. The van der Waals surface area contributed by atoms with Crippen LogP contribution in [0.15, 0.2) is 17.1 Å². The Labute approximate surface area is 96.7 Å². The highest BCUT2D eigenvalue weighted by molar-refractivity contribution is 5.36. The van der Waals surface area contributed by atoms with Gasteiger partial charge in [-0.3, -0.25) is 4.98 Å². The van der Waals surface area contributed by atoms with Crippen LogP contribution in [0.4, 0.5) is 5.82 Å². The van der Waals surface area contributed by atoms with Crippen LogP contribution in [0, 0.1) is 11.8 Å². The van der Waals surface area contributed by atoms with Gasteiger partial charge in [0.15, 0.2) is 0 Å². The van der Waals surface area contributed by atoms with Gasteiger partial charge in [0, 0.05) is 19.3 Å². The summed E-state index contributed by atoms with van der Waals surface area (Å²) in [6, 6.07) is 1.85. The minimum absolute atomic E-state index is 0.282. The number of hydrogen-bond donors (Lipinski definition) is 1. The van der Waals surface area contributed by atoms with Gasteiger partial charge in [-0.05, 0) is 17.9 Å². The van der Waals surface area contributed by atoms with Gasteiger partial charge in [0.25, 0.3) is 0 Å². The Morgan fingerprint density at radius 3 is 2.25 bits per heavy atom. The normalized spacial score (nSPS) is 11.1. The van der Waals surface area contributed by atoms with Crippen LogP contribution < -0.4 is 10.6 Å². The van der Waals surface area contributed by atoms with Crippen LogP contribution in [-0.4, -0.2) is 23.1 Å². The summed E-state index contributed by atoms with van der Waals surface area (Å²) in [5.41, 5.74) is -0.282. The third-order valence-electron chi connectivity index (χ3n) is 2.17. The van der Waals surface area contributed by atoms with Crippen molar-refractivity contribution in [3.05, 3.63) is 22.7 Å². The zero-order valence-electron chi connectivity index (χ0n) is 10.5. The highest BCUT2D eigenvalue weighted by atomic mass is 16.1. The molecule has 1 aromatic rings. The molecule has 1 N–H and O–H groups in total. The van der Waals surface area contributed by atoms with Crippen LogP contribution in [0.3, 0.4) is 0 Å². The van der Waals surface area contributed by atoms with Crippen LogP contribution in [0.25, 0.3) is 0 Å². The van der Waals surface area contributed by atoms with Crippen LogP contribution in [0.5, 0.6) is 0 Å². The Morgan fingerprint density at radius 2 is 1.81 bits per heavy atom. The molecule has 1 rings (SSSR count). The van der Waals surface area contributed by atoms with Crippen molar-refractivity contribution in [2.75, 3.05) is 18.0 Å². The summed E-state index contributed by atoms with van der Waals surface area (Å²) in [4.78, 5) is 19.8. The largest absolute Gasteiger partial charge is 0.358 e. The van der Waals surface area contributed by atoms with Crippen LogP contribution in [0.1, 0.15) is 27.7 Å². The molecule has 0 saturated heterocycles. The maximum absolute atomic E-state index is 11.2. The lowest BCUT2D eigenvalue weighted by Gasteiger charge is -2.27. The van der Waals surface area contributed by atoms with Crippen molar-refractivity contribution in [1.82, 2.24) is 9.97 Å². The number of aromatic nitrogens is 2. The van der Waals surface area contributed by atoms with Gasteiger partial charge in [-0.2, -0.15) is 0 Å². The zero-order valence-corrected chi connectivity index (χ0v) is 10.5. The highest BCUT2D eigenvalue weighted by Gasteiger charge is 2.11. The molecule has 16 heavy (non-hydrogen) atoms. The average Bonchev–Trinajstić information content (AvgIpc) is 2.15. The summed E-state index contributed by atoms with van der Waals surface area (Å²) in [7, 11) is 0. The van der Waals surface area contributed by atoms with E-state index in [4.69, 9.17) is 0 Å². The first kappa shape index (κ1) is 12.7. The fourth-order valence-electron chi connectivity index (χ4n) is 1.70. The lowest BCUT2D eigenvalue weighted by molar-refractivity contribution is 0.548. The predicted octanol–water partition coefficient (Wildman–Crippen LogP) is 1.89. The van der Waals surface area contributed by atoms with Gasteiger partial charge in [-0.25, -0.2) is 9.78 Å². The van der Waals surface area contributed by atoms with Crippen molar-refractivity contribution in [3.63, 3.8) is 0 Å². The summed E-state index contributed by atoms with van der Waals surface area (Å²) >= 11 is 0. The van der Waals surface area contributed by atoms with E-state index in [2.05, 4.69) is 42.6 Å². The summed E-state index contributed by atoms with van der Waals surface area (Å²) in [5.74, 6) is 1.99. The van der Waals surface area contributed by atoms with Gasteiger partial charge < -0.3 is 4.90 Å². The number of anilines is 1. The molecule has 1 heterocycles. The molecule has 0 spiro atoms. The first-order valence-corrected chi connectivity index (χ1v) is 5.79. The third kappa shape index (κ3) is 4.04. The van der Waals surface area contributed by atoms with E-state index in [1.54, 1.807) is 6.20 Å². The minimum atomic E-state index is -0.282. The van der Waals surface area contributed by atoms with E-state index in [0.717, 1.165) is 18.9 Å². The van der Waals surface area contributed by atoms with Gasteiger partial charge in [0.1, 0.15) is 5.82 Å². The summed E-state index contributed by atoms with van der Waals surface area (Å²) in [5, 5.41) is 0. The lowest BCUT2D eigenvalue weighted by atomic mass is 10.1. The van der Waals surface area contributed by atoms with E-state index in [1.807, 2.05) is 6.07 Å². The van der Waals surface area contributed by atoms with Crippen molar-refractivity contribution >= 4 is 5.82 Å². The summed E-state index contributed by atoms with van der Waals surface area (Å²) < 4.78 is 0. The van der Waals surface area contributed by atoms with Crippen molar-refractivity contribution in [1.29, 1.82) is 0 Å². The average molecular weight is 223 g/mol. The number of nitrogens with zero attached hydrogens (tertiary/aromatic N) is 2. The topological polar surface area (TPSA) is 49.0 Å². The molecular formula is C12H21N3O. The Morgan fingerprint density at radius 1 is 1.25 bits per heavy atom. The van der Waals surface area contributed by atoms with Gasteiger partial charge in [-0.15, -0.1) is 0 Å². The van der Waals surface area contributed by atoms with E-state index < -0.39 is 0 Å². The van der Waals surface area contributed by atoms with Gasteiger partial charge in [0.05, 0.1) is 0 Å². The van der Waals surface area contributed by atoms with Gasteiger partial charge in [-0.1, -0.05) is 27.7 Å². The maximum atomic E-state index is 11.2. The van der Waals surface area contributed by atoms with E-state index in [1.165, 1.54) is 0 Å². The fraction of sp³-hybridized carbons (Fsp3) is 0.667. The van der Waals surface area contributed by atoms with Crippen molar-refractivity contribution in [2.24, 2.45) is 11.8 Å². The monoisotopic (exact) mass is 223 g/mol. The smallest absolute Gasteiger partial charge is 0.346 e. The third-order valence-corrected chi connectivity index (χ3v) is 2.17. The molecular weight excluding hydrogens is 202 g/mol. The van der Waals surface area contributed by atoms with Crippen LogP contribution in [-0.2, 0) is 0 Å². The molecule has 0 aliphatic carbocycles. The minimum Gasteiger partial charge on any atom is -0.358 e. The van der Waals surface area contributed by atoms with Crippen molar-refractivity contribution in [3.8, 4) is 0 Å². The van der Waals surface area contributed by atoms with E-state index >= 15 is 0 Å². The molecule has 0 aliphatic rings. The SMILES string of the molecule is CC(C)CN(CC(C)C)c1ccnc(=O)[nH]1. The summed E-state index contributed by atoms with van der Waals surface area (Å²) in [6.07, 6.45) is 1.56. The van der Waals surface area contributed by atoms with Crippen molar-refractivity contribution in [2.45, 2.75) is 27.7 Å². The van der Waals surface area contributed by atoms with Gasteiger partial charge in [0.2, 0.25) is 0 Å². The number of aromatic amines is 1. The molecule has 0 aromatic carbocycles. The fourth-order valence-corrected chi connectivity index (χ4v) is 1.70. The van der Waals surface area contributed by atoms with Crippen molar-refractivity contribution < 1.29 is 0 Å². The maximum Gasteiger partial charge on any atom is 0.346 e. The van der Waals surface area contributed by atoms with E-state index in [0.29, 0.717) is 11.8 Å². The molecule has 0 radical (unpaired) electrons. The molecule has 1 aromatic heterocycles. The standard InChI is InChI=1S/C12H21N3O/c1-9(2)7-15(8-10(3)4)11-5-6-13-12(16)14-11/h5-6,9-10H,7-8H2,1-4H3,(H,13,14,16). The second-order valence-corrected chi connectivity index (χ2v) is 4.95. The quantitative estimate of drug-likeness (QED) is 0.829. The molecule has 0 amide bonds. The Balaban J connectivity index is 2.86. The molecule has 0 fully saturated rings. The summed E-state index contributed by atoms with van der Waals surface area (Å²) in [6.45, 7) is 10.6. The zero-order chi connectivity index (χ0) is 12.1. The molecule has 4 nitrogen and oxygen atoms in total. The van der Waals surface area contributed by atoms with E-state index in [-0.39, 0.29) is 5.69 Å². The Kier molecular flexibility index (Phi) is 4.52. The van der Waals surface area contributed by atoms with Crippen LogP contribution in [0.2, 0.25) is 0 Å². The number of H-pyrrole nitrogens is 1. The number of nitrogens with one attached hydrogen (secondary N) is 1. The predicted molar refractivity (Wildman–Crippen MR) is 66.7 cm³/mol. The molecule has 0 aliphatic heterocycles. The molecule has 0 saturated carbocycles. The molecule has 0 atom stereocenters. The molecule has 90 valence electrons. The molecule has 4 heteroatoms. The first-order chi connectivity index (χ1) is 7.49. The second-order valence-electron chi connectivity index (χ2n) is 4.95. The number of rotatable bonds is 5. The van der Waals surface area contributed by atoms with E-state index in [9.17, 15) is 4.79 Å². The Bertz CT molecular complexity index is 361. The first-order valence-electron chi connectivity index (χ1n) is 5.79. The molecule has 0 bridgehead atoms. The second kappa shape index (κ2) is 5.68. The molecule has 0 unspecified atom stereocenters. The lowest BCUT2D eigenvalue weighted by Crippen LogP contribution is -2.33. The highest BCUT2D eigenvalue weighted by Crippen LogP contribution is 2.12. The van der Waals surface area contributed by atoms with Crippen LogP contribution >= 0.6 is 0 Å².